The molecular formula is C16H13N3O6S2. The van der Waals surface area contributed by atoms with Gasteiger partial charge in [-0.1, -0.05) is 24.3 Å². The Kier molecular flexibility index (Phi) is 4.70. The van der Waals surface area contributed by atoms with Crippen LogP contribution in [0.2, 0.25) is 0 Å². The topological polar surface area (TPSA) is 159 Å². The van der Waals surface area contributed by atoms with Gasteiger partial charge < -0.3 is 5.73 Å². The molecule has 11 heteroatoms. The molecule has 0 atom stereocenters. The van der Waals surface area contributed by atoms with Crippen LogP contribution >= 0.6 is 0 Å². The summed E-state index contributed by atoms with van der Waals surface area (Å²) < 4.78 is 64.0. The molecule has 0 aliphatic rings. The third kappa shape index (κ3) is 3.95. The van der Waals surface area contributed by atoms with E-state index in [4.69, 9.17) is 10.3 Å². The molecule has 0 bridgehead atoms. The predicted molar refractivity (Wildman–Crippen MR) is 98.6 cm³/mol. The van der Waals surface area contributed by atoms with Gasteiger partial charge >= 0.3 is 0 Å². The molecule has 0 unspecified atom stereocenters. The summed E-state index contributed by atoms with van der Waals surface area (Å²) in [6, 6.07) is 12.6. The van der Waals surface area contributed by atoms with E-state index in [1.807, 2.05) is 0 Å². The average Bonchev–Trinajstić information content (AvgIpc) is 2.59. The number of azo groups is 1. The zero-order chi connectivity index (χ0) is 19.8. The SMILES string of the molecule is Nc1ccc(N=Nc2cc(S(=O)(=O)O)ccc2S(=O)(=O)O)c2ccccc12. The summed E-state index contributed by atoms with van der Waals surface area (Å²) in [6.07, 6.45) is 0. The van der Waals surface area contributed by atoms with Crippen LogP contribution in [0.25, 0.3) is 10.8 Å². The van der Waals surface area contributed by atoms with Crippen LogP contribution < -0.4 is 5.73 Å². The lowest BCUT2D eigenvalue weighted by molar-refractivity contribution is 0.478. The molecule has 0 fully saturated rings. The smallest absolute Gasteiger partial charge is 0.296 e. The van der Waals surface area contributed by atoms with Crippen molar-refractivity contribution in [1.82, 2.24) is 0 Å². The second-order valence-electron chi connectivity index (χ2n) is 5.50. The Morgan fingerprint density at radius 1 is 0.741 bits per heavy atom. The first-order valence-electron chi connectivity index (χ1n) is 7.35. The van der Waals surface area contributed by atoms with Gasteiger partial charge in [0.2, 0.25) is 0 Å². The lowest BCUT2D eigenvalue weighted by Crippen LogP contribution is -2.02. The van der Waals surface area contributed by atoms with Gasteiger partial charge in [-0.3, -0.25) is 9.11 Å². The normalized spacial score (nSPS) is 12.7. The molecule has 27 heavy (non-hydrogen) atoms. The number of fused-ring (bicyclic) bond motifs is 1. The number of benzene rings is 3. The lowest BCUT2D eigenvalue weighted by atomic mass is 10.1. The van der Waals surface area contributed by atoms with Crippen molar-refractivity contribution in [2.45, 2.75) is 9.79 Å². The largest absolute Gasteiger partial charge is 0.398 e. The minimum atomic E-state index is -4.70. The Morgan fingerprint density at radius 2 is 1.37 bits per heavy atom. The van der Waals surface area contributed by atoms with E-state index in [9.17, 15) is 21.4 Å². The van der Waals surface area contributed by atoms with Crippen molar-refractivity contribution in [3.8, 4) is 0 Å². The van der Waals surface area contributed by atoms with Crippen molar-refractivity contribution in [2.24, 2.45) is 10.2 Å². The lowest BCUT2D eigenvalue weighted by Gasteiger charge is -2.06. The number of rotatable bonds is 4. The molecular weight excluding hydrogens is 394 g/mol. The first kappa shape index (κ1) is 18.9. The minimum absolute atomic E-state index is 0.346. The standard InChI is InChI=1S/C16H13N3O6S2/c17-13-6-7-14(12-4-2-1-3-11(12)13)18-19-15-9-10(26(20,21)22)5-8-16(15)27(23,24)25/h1-9H,17H2,(H,20,21,22)(H,23,24,25). The molecule has 3 aromatic carbocycles. The summed E-state index contributed by atoms with van der Waals surface area (Å²) in [5, 5.41) is 9.07. The fraction of sp³-hybridized carbons (Fsp3) is 0. The van der Waals surface area contributed by atoms with Crippen LogP contribution in [-0.4, -0.2) is 25.9 Å². The van der Waals surface area contributed by atoms with Crippen LogP contribution in [0.3, 0.4) is 0 Å². The van der Waals surface area contributed by atoms with E-state index in [2.05, 4.69) is 10.2 Å². The molecule has 3 aromatic rings. The van der Waals surface area contributed by atoms with Gasteiger partial charge in [-0.25, -0.2) is 0 Å². The Balaban J connectivity index is 2.19. The Hall–Kier alpha value is -2.86. The molecule has 0 saturated heterocycles. The quantitative estimate of drug-likeness (QED) is 0.339. The Bertz CT molecular complexity index is 1280. The van der Waals surface area contributed by atoms with Crippen LogP contribution in [-0.2, 0) is 20.2 Å². The first-order chi connectivity index (χ1) is 12.6. The van der Waals surface area contributed by atoms with E-state index in [1.54, 1.807) is 36.4 Å². The van der Waals surface area contributed by atoms with Gasteiger partial charge in [-0.2, -0.15) is 16.8 Å². The van der Waals surface area contributed by atoms with Gasteiger partial charge in [0.05, 0.1) is 10.6 Å². The zero-order valence-corrected chi connectivity index (χ0v) is 15.1. The van der Waals surface area contributed by atoms with Crippen LogP contribution in [0.1, 0.15) is 0 Å². The molecule has 0 aliphatic carbocycles. The highest BCUT2D eigenvalue weighted by atomic mass is 32.2. The van der Waals surface area contributed by atoms with E-state index in [1.165, 1.54) is 0 Å². The molecule has 0 radical (unpaired) electrons. The second kappa shape index (κ2) is 6.70. The molecule has 4 N–H and O–H groups in total. The Morgan fingerprint density at radius 3 is 2.00 bits per heavy atom. The van der Waals surface area contributed by atoms with Gasteiger partial charge in [-0.05, 0) is 30.3 Å². The number of hydrogen-bond donors (Lipinski definition) is 3. The maximum Gasteiger partial charge on any atom is 0.296 e. The molecule has 0 saturated carbocycles. The van der Waals surface area contributed by atoms with E-state index < -0.39 is 35.7 Å². The van der Waals surface area contributed by atoms with Gasteiger partial charge in [-0.15, -0.1) is 10.2 Å². The van der Waals surface area contributed by atoms with Crippen molar-refractivity contribution < 1.29 is 25.9 Å². The third-order valence-corrected chi connectivity index (χ3v) is 5.46. The average molecular weight is 407 g/mol. The van der Waals surface area contributed by atoms with Crippen molar-refractivity contribution >= 4 is 48.1 Å². The zero-order valence-electron chi connectivity index (χ0n) is 13.5. The van der Waals surface area contributed by atoms with Gasteiger partial charge in [0, 0.05) is 16.5 Å². The predicted octanol–water partition coefficient (Wildman–Crippen LogP) is 3.33. The van der Waals surface area contributed by atoms with Crippen LogP contribution in [0.5, 0.6) is 0 Å². The highest BCUT2D eigenvalue weighted by Crippen LogP contribution is 2.33. The maximum absolute atomic E-state index is 11.5. The molecule has 0 aliphatic heterocycles. The summed E-state index contributed by atoms with van der Waals surface area (Å²) in [6.45, 7) is 0. The molecule has 9 nitrogen and oxygen atoms in total. The molecule has 0 heterocycles. The molecule has 140 valence electrons. The third-order valence-electron chi connectivity index (χ3n) is 3.71. The fourth-order valence-corrected chi connectivity index (χ4v) is 3.56. The van der Waals surface area contributed by atoms with Crippen LogP contribution in [0, 0.1) is 0 Å². The summed E-state index contributed by atoms with van der Waals surface area (Å²) in [4.78, 5) is -1.25. The van der Waals surface area contributed by atoms with Crippen LogP contribution in [0.4, 0.5) is 17.1 Å². The monoisotopic (exact) mass is 407 g/mol. The minimum Gasteiger partial charge on any atom is -0.398 e. The fourth-order valence-electron chi connectivity index (χ4n) is 2.46. The summed E-state index contributed by atoms with van der Waals surface area (Å²) in [7, 11) is -9.30. The molecule has 3 rings (SSSR count). The Labute approximate surface area is 154 Å². The summed E-state index contributed by atoms with van der Waals surface area (Å²) >= 11 is 0. The molecule has 0 aromatic heterocycles. The van der Waals surface area contributed by atoms with Crippen molar-refractivity contribution in [1.29, 1.82) is 0 Å². The number of hydrogen-bond acceptors (Lipinski definition) is 7. The number of anilines is 1. The molecule has 0 spiro atoms. The van der Waals surface area contributed by atoms with Crippen molar-refractivity contribution in [3.05, 3.63) is 54.6 Å². The van der Waals surface area contributed by atoms with Gasteiger partial charge in [0.15, 0.2) is 0 Å². The van der Waals surface area contributed by atoms with Crippen LogP contribution in [0.15, 0.2) is 74.6 Å². The maximum atomic E-state index is 11.5. The van der Waals surface area contributed by atoms with Crippen molar-refractivity contribution in [3.63, 3.8) is 0 Å². The van der Waals surface area contributed by atoms with E-state index >= 15 is 0 Å². The number of nitrogen functional groups attached to an aromatic ring is 1. The highest BCUT2D eigenvalue weighted by molar-refractivity contribution is 7.86. The van der Waals surface area contributed by atoms with Crippen molar-refractivity contribution in [2.75, 3.05) is 5.73 Å². The van der Waals surface area contributed by atoms with E-state index in [0.717, 1.165) is 18.2 Å². The van der Waals surface area contributed by atoms with Gasteiger partial charge in [0.25, 0.3) is 20.2 Å². The second-order valence-corrected chi connectivity index (χ2v) is 8.31. The van der Waals surface area contributed by atoms with E-state index in [0.29, 0.717) is 22.1 Å². The summed E-state index contributed by atoms with van der Waals surface area (Å²) in [5.74, 6) is 0. The van der Waals surface area contributed by atoms with E-state index in [-0.39, 0.29) is 0 Å². The molecule has 0 amide bonds. The van der Waals surface area contributed by atoms with Gasteiger partial charge in [0.1, 0.15) is 10.6 Å². The highest BCUT2D eigenvalue weighted by Gasteiger charge is 2.20. The first-order valence-corrected chi connectivity index (χ1v) is 10.2. The summed E-state index contributed by atoms with van der Waals surface area (Å²) in [5.41, 5.74) is 6.31. The number of nitrogens with two attached hydrogens (primary N) is 1. The number of nitrogens with zero attached hydrogens (tertiary/aromatic N) is 2.